The molecule has 0 radical (unpaired) electrons. The van der Waals surface area contributed by atoms with Crippen molar-refractivity contribution in [3.05, 3.63) is 54.0 Å². The summed E-state index contributed by atoms with van der Waals surface area (Å²) in [6, 6.07) is 10.4. The number of benzene rings is 1. The maximum Gasteiger partial charge on any atom is 0.270 e. The largest absolute Gasteiger partial charge is 0.467 e. The van der Waals surface area contributed by atoms with Gasteiger partial charge in [-0.15, -0.1) is 0 Å². The van der Waals surface area contributed by atoms with Gasteiger partial charge >= 0.3 is 0 Å². The van der Waals surface area contributed by atoms with Crippen LogP contribution >= 0.6 is 11.8 Å². The van der Waals surface area contributed by atoms with Gasteiger partial charge in [0.2, 0.25) is 11.8 Å². The zero-order valence-corrected chi connectivity index (χ0v) is 19.9. The van der Waals surface area contributed by atoms with E-state index in [2.05, 4.69) is 15.6 Å². The van der Waals surface area contributed by atoms with Gasteiger partial charge < -0.3 is 15.1 Å². The number of carbonyl (C=O) groups is 3. The number of amides is 3. The van der Waals surface area contributed by atoms with E-state index in [1.807, 2.05) is 38.1 Å². The molecule has 0 fully saturated rings. The fourth-order valence-electron chi connectivity index (χ4n) is 3.68. The summed E-state index contributed by atoms with van der Waals surface area (Å²) in [7, 11) is 0. The third kappa shape index (κ3) is 5.39. The van der Waals surface area contributed by atoms with Gasteiger partial charge in [-0.3, -0.25) is 19.3 Å². The zero-order chi connectivity index (χ0) is 24.1. The van der Waals surface area contributed by atoms with Crippen LogP contribution in [0, 0.1) is 0 Å². The third-order valence-electron chi connectivity index (χ3n) is 5.64. The first-order valence-corrected chi connectivity index (χ1v) is 12.3. The highest BCUT2D eigenvalue weighted by Crippen LogP contribution is 2.35. The molecule has 1 aromatic carbocycles. The van der Waals surface area contributed by atoms with E-state index in [0.29, 0.717) is 22.5 Å². The lowest BCUT2D eigenvalue weighted by Gasteiger charge is -2.31. The van der Waals surface area contributed by atoms with Crippen molar-refractivity contribution in [3.63, 3.8) is 0 Å². The fourth-order valence-corrected chi connectivity index (χ4v) is 4.54. The highest BCUT2D eigenvalue weighted by molar-refractivity contribution is 8.14. The molecule has 9 nitrogen and oxygen atoms in total. The van der Waals surface area contributed by atoms with Gasteiger partial charge in [0, 0.05) is 18.0 Å². The molecule has 0 saturated carbocycles. The number of rotatable bonds is 9. The molecule has 3 amide bonds. The average Bonchev–Trinajstić information content (AvgIpc) is 3.47. The first-order chi connectivity index (χ1) is 16.5. The first kappa shape index (κ1) is 23.7. The number of amidine groups is 2. The van der Waals surface area contributed by atoms with Crippen LogP contribution in [0.15, 0.2) is 57.1 Å². The highest BCUT2D eigenvalue weighted by Gasteiger charge is 2.41. The molecular formula is C24H27N5O4S. The molecule has 2 unspecified atom stereocenters. The fraction of sp³-hybridized carbons (Fsp3) is 0.375. The minimum Gasteiger partial charge on any atom is -0.467 e. The van der Waals surface area contributed by atoms with Crippen LogP contribution < -0.4 is 10.6 Å². The number of carbonyl (C=O) groups excluding carboxylic acids is 3. The van der Waals surface area contributed by atoms with E-state index < -0.39 is 6.04 Å². The molecule has 0 saturated heterocycles. The van der Waals surface area contributed by atoms with Crippen molar-refractivity contribution in [2.45, 2.75) is 51.7 Å². The second-order valence-corrected chi connectivity index (χ2v) is 9.07. The average molecular weight is 482 g/mol. The summed E-state index contributed by atoms with van der Waals surface area (Å²) in [5, 5.41) is 6.27. The van der Waals surface area contributed by atoms with Crippen molar-refractivity contribution in [2.24, 2.45) is 9.98 Å². The number of hydrogen-bond donors (Lipinski definition) is 2. The molecule has 4 rings (SSSR count). The Morgan fingerprint density at radius 2 is 2.00 bits per heavy atom. The Balaban J connectivity index is 1.46. The van der Waals surface area contributed by atoms with Crippen LogP contribution in [0.2, 0.25) is 0 Å². The van der Waals surface area contributed by atoms with Crippen molar-refractivity contribution in [2.75, 3.05) is 5.75 Å². The van der Waals surface area contributed by atoms with Crippen LogP contribution in [-0.4, -0.2) is 51.5 Å². The minimum absolute atomic E-state index is 0.0834. The Labute approximate surface area is 202 Å². The van der Waals surface area contributed by atoms with Gasteiger partial charge in [-0.05, 0) is 44.0 Å². The predicted molar refractivity (Wildman–Crippen MR) is 131 cm³/mol. The summed E-state index contributed by atoms with van der Waals surface area (Å²) in [6.07, 6.45) is 2.81. The van der Waals surface area contributed by atoms with E-state index in [-0.39, 0.29) is 48.9 Å². The number of aliphatic imine (C=N–C) groups is 2. The SMILES string of the molecule is CCC(C)NC(=O)CSC1=Nc2ccccc2C2=NC(=O)C(CCC(=O)NCc3ccco3)N12. The third-order valence-corrected chi connectivity index (χ3v) is 6.60. The van der Waals surface area contributed by atoms with E-state index in [9.17, 15) is 14.4 Å². The summed E-state index contributed by atoms with van der Waals surface area (Å²) in [5.74, 6) is 0.738. The maximum atomic E-state index is 12.9. The molecule has 34 heavy (non-hydrogen) atoms. The quantitative estimate of drug-likeness (QED) is 0.569. The highest BCUT2D eigenvalue weighted by atomic mass is 32.2. The van der Waals surface area contributed by atoms with Crippen LogP contribution in [0.4, 0.5) is 5.69 Å². The number of hydrogen-bond acceptors (Lipinski definition) is 7. The van der Waals surface area contributed by atoms with E-state index in [1.165, 1.54) is 11.8 Å². The number of furan rings is 1. The molecule has 2 atom stereocenters. The lowest BCUT2D eigenvalue weighted by molar-refractivity contribution is -0.122. The zero-order valence-electron chi connectivity index (χ0n) is 19.1. The molecular weight excluding hydrogens is 454 g/mol. The van der Waals surface area contributed by atoms with Crippen LogP contribution in [0.3, 0.4) is 0 Å². The lowest BCUT2D eigenvalue weighted by atomic mass is 10.1. The van der Waals surface area contributed by atoms with Gasteiger partial charge in [0.05, 0.1) is 24.2 Å². The molecule has 10 heteroatoms. The van der Waals surface area contributed by atoms with Gasteiger partial charge in [0.15, 0.2) is 5.17 Å². The monoisotopic (exact) mass is 481 g/mol. The number of para-hydroxylation sites is 1. The normalized spacial score (nSPS) is 17.4. The first-order valence-electron chi connectivity index (χ1n) is 11.3. The van der Waals surface area contributed by atoms with Crippen molar-refractivity contribution >= 4 is 46.2 Å². The van der Waals surface area contributed by atoms with Crippen molar-refractivity contribution in [1.29, 1.82) is 0 Å². The summed E-state index contributed by atoms with van der Waals surface area (Å²) in [4.78, 5) is 48.4. The van der Waals surface area contributed by atoms with Crippen LogP contribution in [-0.2, 0) is 20.9 Å². The molecule has 2 aliphatic heterocycles. The summed E-state index contributed by atoms with van der Waals surface area (Å²) >= 11 is 1.26. The second-order valence-electron chi connectivity index (χ2n) is 8.13. The van der Waals surface area contributed by atoms with Gasteiger partial charge in [-0.2, -0.15) is 4.99 Å². The number of nitrogens with zero attached hydrogens (tertiary/aromatic N) is 3. The standard InChI is InChI=1S/C24H27N5O4S/c1-3-15(2)26-21(31)14-34-24-27-18-9-5-4-8-17(18)22-28-23(32)19(29(22)24)10-11-20(30)25-13-16-7-6-12-33-16/h4-9,12,15,19H,3,10-11,13-14H2,1-2H3,(H,25,30)(H,26,31). The van der Waals surface area contributed by atoms with Gasteiger partial charge in [-0.25, -0.2) is 4.99 Å². The van der Waals surface area contributed by atoms with Crippen molar-refractivity contribution < 1.29 is 18.8 Å². The molecule has 178 valence electrons. The minimum atomic E-state index is -0.651. The molecule has 0 spiro atoms. The molecule has 3 heterocycles. The summed E-state index contributed by atoms with van der Waals surface area (Å²) in [5.41, 5.74) is 1.46. The Hall–Kier alpha value is -3.40. The predicted octanol–water partition coefficient (Wildman–Crippen LogP) is 2.98. The van der Waals surface area contributed by atoms with Gasteiger partial charge in [0.1, 0.15) is 17.6 Å². The van der Waals surface area contributed by atoms with Crippen LogP contribution in [0.25, 0.3) is 0 Å². The summed E-state index contributed by atoms with van der Waals surface area (Å²) < 4.78 is 5.23. The van der Waals surface area contributed by atoms with Crippen LogP contribution in [0.1, 0.15) is 44.4 Å². The Morgan fingerprint density at radius 1 is 1.18 bits per heavy atom. The number of thioether (sulfide) groups is 1. The molecule has 1 aromatic heterocycles. The van der Waals surface area contributed by atoms with Crippen molar-refractivity contribution in [1.82, 2.24) is 15.5 Å². The van der Waals surface area contributed by atoms with Gasteiger partial charge in [-0.1, -0.05) is 30.8 Å². The van der Waals surface area contributed by atoms with E-state index in [4.69, 9.17) is 9.41 Å². The Bertz CT molecular complexity index is 1130. The summed E-state index contributed by atoms with van der Waals surface area (Å²) in [6.45, 7) is 4.25. The van der Waals surface area contributed by atoms with Crippen molar-refractivity contribution in [3.8, 4) is 0 Å². The maximum absolute atomic E-state index is 12.9. The van der Waals surface area contributed by atoms with E-state index >= 15 is 0 Å². The second kappa shape index (κ2) is 10.7. The van der Waals surface area contributed by atoms with E-state index in [0.717, 1.165) is 12.0 Å². The molecule has 2 aromatic rings. The van der Waals surface area contributed by atoms with E-state index in [1.54, 1.807) is 23.3 Å². The molecule has 0 aliphatic carbocycles. The topological polar surface area (TPSA) is 116 Å². The number of fused-ring (bicyclic) bond motifs is 3. The van der Waals surface area contributed by atoms with Gasteiger partial charge in [0.25, 0.3) is 5.91 Å². The molecule has 0 bridgehead atoms. The molecule has 2 aliphatic rings. The smallest absolute Gasteiger partial charge is 0.270 e. The molecule has 2 N–H and O–H groups in total. The van der Waals surface area contributed by atoms with Crippen LogP contribution in [0.5, 0.6) is 0 Å². The Morgan fingerprint density at radius 3 is 2.76 bits per heavy atom. The number of nitrogens with one attached hydrogen (secondary N) is 2. The Kier molecular flexibility index (Phi) is 7.46. The lowest BCUT2D eigenvalue weighted by Crippen LogP contribution is -2.44.